The van der Waals surface area contributed by atoms with E-state index in [0.29, 0.717) is 0 Å². The lowest BCUT2D eigenvalue weighted by Crippen LogP contribution is -2.47. The van der Waals surface area contributed by atoms with Crippen molar-refractivity contribution in [1.29, 1.82) is 0 Å². The summed E-state index contributed by atoms with van der Waals surface area (Å²) in [6, 6.07) is 7.03. The van der Waals surface area contributed by atoms with Crippen molar-refractivity contribution in [2.75, 3.05) is 19.6 Å². The van der Waals surface area contributed by atoms with Gasteiger partial charge in [0, 0.05) is 12.6 Å². The third-order valence-electron chi connectivity index (χ3n) is 3.86. The first-order chi connectivity index (χ1) is 10.0. The minimum Gasteiger partial charge on any atom is -0.392 e. The molecular formula is C15H24N2O3S. The van der Waals surface area contributed by atoms with Gasteiger partial charge in [-0.25, -0.2) is 13.1 Å². The maximum atomic E-state index is 12.2. The van der Waals surface area contributed by atoms with E-state index in [1.54, 1.807) is 24.3 Å². The van der Waals surface area contributed by atoms with Crippen molar-refractivity contribution in [3.05, 3.63) is 35.4 Å². The van der Waals surface area contributed by atoms with E-state index >= 15 is 0 Å². The van der Waals surface area contributed by atoms with Crippen LogP contribution in [-0.4, -0.2) is 44.1 Å². The standard InChI is InChI=1S/C15H24N2O3S/c1-2-17-9-3-4-15(10-17)16-21(19,20)12-14-7-5-13(11-18)6-8-14/h5-8,15-16,18H,2-4,9-12H2,1H3. The van der Waals surface area contributed by atoms with Crippen LogP contribution in [0.2, 0.25) is 0 Å². The van der Waals surface area contributed by atoms with Crippen LogP contribution in [0.4, 0.5) is 0 Å². The highest BCUT2D eigenvalue weighted by Gasteiger charge is 2.23. The Hall–Kier alpha value is -0.950. The van der Waals surface area contributed by atoms with Crippen LogP contribution < -0.4 is 4.72 Å². The van der Waals surface area contributed by atoms with Crippen LogP contribution in [0.15, 0.2) is 24.3 Å². The molecule has 0 amide bonds. The smallest absolute Gasteiger partial charge is 0.216 e. The number of piperidine rings is 1. The molecule has 2 N–H and O–H groups in total. The molecule has 1 unspecified atom stereocenters. The highest BCUT2D eigenvalue weighted by Crippen LogP contribution is 2.13. The monoisotopic (exact) mass is 312 g/mol. The molecule has 21 heavy (non-hydrogen) atoms. The second-order valence-corrected chi connectivity index (χ2v) is 7.34. The summed E-state index contributed by atoms with van der Waals surface area (Å²) in [6.45, 7) is 4.87. The second kappa shape index (κ2) is 7.35. The molecule has 0 saturated carbocycles. The molecule has 1 saturated heterocycles. The number of aliphatic hydroxyl groups excluding tert-OH is 1. The van der Waals surface area contributed by atoms with Gasteiger partial charge in [-0.2, -0.15) is 0 Å². The predicted octanol–water partition coefficient (Wildman–Crippen LogP) is 1.08. The molecule has 0 bridgehead atoms. The van der Waals surface area contributed by atoms with E-state index in [-0.39, 0.29) is 18.4 Å². The Labute approximate surface area is 127 Å². The third kappa shape index (κ3) is 5.07. The first-order valence-electron chi connectivity index (χ1n) is 7.43. The first kappa shape index (κ1) is 16.4. The van der Waals surface area contributed by atoms with Crippen LogP contribution in [0.25, 0.3) is 0 Å². The second-order valence-electron chi connectivity index (χ2n) is 5.58. The van der Waals surface area contributed by atoms with Crippen LogP contribution in [0.5, 0.6) is 0 Å². The van der Waals surface area contributed by atoms with Crippen molar-refractivity contribution in [2.45, 2.75) is 38.2 Å². The molecule has 1 atom stereocenters. The molecule has 1 heterocycles. The average Bonchev–Trinajstić information content (AvgIpc) is 2.47. The first-order valence-corrected chi connectivity index (χ1v) is 9.08. The lowest BCUT2D eigenvalue weighted by molar-refractivity contribution is 0.211. The number of benzene rings is 1. The average molecular weight is 312 g/mol. The summed E-state index contributed by atoms with van der Waals surface area (Å²) in [5.74, 6) is -0.0126. The SMILES string of the molecule is CCN1CCCC(NS(=O)(=O)Cc2ccc(CO)cc2)C1. The van der Waals surface area contributed by atoms with Gasteiger partial charge in [-0.15, -0.1) is 0 Å². The molecule has 0 aromatic heterocycles. The van der Waals surface area contributed by atoms with Crippen molar-refractivity contribution >= 4 is 10.0 Å². The number of nitrogens with zero attached hydrogens (tertiary/aromatic N) is 1. The summed E-state index contributed by atoms with van der Waals surface area (Å²) in [5.41, 5.74) is 1.53. The van der Waals surface area contributed by atoms with E-state index in [0.717, 1.165) is 43.6 Å². The quantitative estimate of drug-likeness (QED) is 0.825. The minimum atomic E-state index is -3.32. The molecule has 0 spiro atoms. The molecule has 1 aliphatic heterocycles. The van der Waals surface area contributed by atoms with Crippen LogP contribution in [0.1, 0.15) is 30.9 Å². The van der Waals surface area contributed by atoms with Crippen LogP contribution >= 0.6 is 0 Å². The number of sulfonamides is 1. The molecule has 0 aliphatic carbocycles. The fourth-order valence-corrected chi connectivity index (χ4v) is 4.11. The van der Waals surface area contributed by atoms with E-state index in [4.69, 9.17) is 5.11 Å². The van der Waals surface area contributed by atoms with Gasteiger partial charge < -0.3 is 10.0 Å². The van der Waals surface area contributed by atoms with E-state index in [9.17, 15) is 8.42 Å². The molecule has 1 fully saturated rings. The van der Waals surface area contributed by atoms with Gasteiger partial charge in [-0.3, -0.25) is 0 Å². The maximum absolute atomic E-state index is 12.2. The van der Waals surface area contributed by atoms with Gasteiger partial charge in [0.05, 0.1) is 12.4 Å². The van der Waals surface area contributed by atoms with Crippen molar-refractivity contribution in [3.63, 3.8) is 0 Å². The summed E-state index contributed by atoms with van der Waals surface area (Å²) in [7, 11) is -3.32. The minimum absolute atomic E-state index is 0.0126. The predicted molar refractivity (Wildman–Crippen MR) is 83.3 cm³/mol. The van der Waals surface area contributed by atoms with Crippen molar-refractivity contribution < 1.29 is 13.5 Å². The van der Waals surface area contributed by atoms with Gasteiger partial charge in [0.15, 0.2) is 0 Å². The van der Waals surface area contributed by atoms with Crippen molar-refractivity contribution in [1.82, 2.24) is 9.62 Å². The highest BCUT2D eigenvalue weighted by molar-refractivity contribution is 7.88. The van der Waals surface area contributed by atoms with Crippen molar-refractivity contribution in [2.24, 2.45) is 0 Å². The number of hydrogen-bond acceptors (Lipinski definition) is 4. The summed E-state index contributed by atoms with van der Waals surface area (Å²) in [6.07, 6.45) is 1.94. The van der Waals surface area contributed by atoms with Gasteiger partial charge in [-0.1, -0.05) is 31.2 Å². The molecular weight excluding hydrogens is 288 g/mol. The van der Waals surface area contributed by atoms with Gasteiger partial charge in [0.2, 0.25) is 10.0 Å². The molecule has 1 aliphatic rings. The zero-order chi connectivity index (χ0) is 15.3. The number of likely N-dealkylation sites (N-methyl/N-ethyl adjacent to an activating group) is 1. The van der Waals surface area contributed by atoms with Crippen LogP contribution in [0, 0.1) is 0 Å². The van der Waals surface area contributed by atoms with Crippen LogP contribution in [0.3, 0.4) is 0 Å². The van der Waals surface area contributed by atoms with E-state index < -0.39 is 10.0 Å². The molecule has 0 radical (unpaired) electrons. The summed E-state index contributed by atoms with van der Waals surface area (Å²) < 4.78 is 27.3. The Balaban J connectivity index is 1.94. The number of nitrogens with one attached hydrogen (secondary N) is 1. The van der Waals surface area contributed by atoms with Gasteiger partial charge in [-0.05, 0) is 37.1 Å². The Bertz CT molecular complexity index is 543. The lowest BCUT2D eigenvalue weighted by atomic mass is 10.1. The summed E-state index contributed by atoms with van der Waals surface area (Å²) in [4.78, 5) is 2.27. The highest BCUT2D eigenvalue weighted by atomic mass is 32.2. The normalized spacial score (nSPS) is 20.6. The Morgan fingerprint density at radius 3 is 2.57 bits per heavy atom. The van der Waals surface area contributed by atoms with Crippen LogP contribution in [-0.2, 0) is 22.4 Å². The fraction of sp³-hybridized carbons (Fsp3) is 0.600. The maximum Gasteiger partial charge on any atom is 0.216 e. The Morgan fingerprint density at radius 2 is 1.95 bits per heavy atom. The zero-order valence-corrected chi connectivity index (χ0v) is 13.3. The topological polar surface area (TPSA) is 69.6 Å². The summed E-state index contributed by atoms with van der Waals surface area (Å²) >= 11 is 0. The lowest BCUT2D eigenvalue weighted by Gasteiger charge is -2.32. The number of rotatable bonds is 6. The number of aliphatic hydroxyl groups is 1. The van der Waals surface area contributed by atoms with Crippen molar-refractivity contribution in [3.8, 4) is 0 Å². The van der Waals surface area contributed by atoms with E-state index in [1.807, 2.05) is 0 Å². The van der Waals surface area contributed by atoms with Gasteiger partial charge in [0.25, 0.3) is 0 Å². The molecule has 1 aromatic rings. The fourth-order valence-electron chi connectivity index (χ4n) is 2.69. The molecule has 6 heteroatoms. The zero-order valence-electron chi connectivity index (χ0n) is 12.5. The van der Waals surface area contributed by atoms with E-state index in [2.05, 4.69) is 16.5 Å². The molecule has 5 nitrogen and oxygen atoms in total. The van der Waals surface area contributed by atoms with Gasteiger partial charge >= 0.3 is 0 Å². The Kier molecular flexibility index (Phi) is 5.75. The number of hydrogen-bond donors (Lipinski definition) is 2. The van der Waals surface area contributed by atoms with Gasteiger partial charge in [0.1, 0.15) is 0 Å². The largest absolute Gasteiger partial charge is 0.392 e. The number of likely N-dealkylation sites (tertiary alicyclic amines) is 1. The molecule has 118 valence electrons. The molecule has 1 aromatic carbocycles. The third-order valence-corrected chi connectivity index (χ3v) is 5.27. The Morgan fingerprint density at radius 1 is 1.29 bits per heavy atom. The molecule has 2 rings (SSSR count). The van der Waals surface area contributed by atoms with E-state index in [1.165, 1.54) is 0 Å². The summed E-state index contributed by atoms with van der Waals surface area (Å²) in [5, 5.41) is 8.99.